The first-order valence-electron chi connectivity index (χ1n) is 6.09. The maximum atomic E-state index is 13.7. The van der Waals surface area contributed by atoms with Gasteiger partial charge < -0.3 is 0 Å². The minimum absolute atomic E-state index is 0.535. The molecule has 0 amide bonds. The molecule has 1 aliphatic rings. The lowest BCUT2D eigenvalue weighted by Gasteiger charge is -2.26. The SMILES string of the molecule is CCCC1CCc2c(C)cc(F)c(F)c2C1. The van der Waals surface area contributed by atoms with Crippen LogP contribution in [0, 0.1) is 24.5 Å². The number of hydrogen-bond donors (Lipinski definition) is 0. The van der Waals surface area contributed by atoms with E-state index in [0.29, 0.717) is 17.9 Å². The molecule has 0 spiro atoms. The summed E-state index contributed by atoms with van der Waals surface area (Å²) in [5.74, 6) is -0.761. The van der Waals surface area contributed by atoms with Crippen molar-refractivity contribution < 1.29 is 8.78 Å². The number of aryl methyl sites for hydroxylation is 1. The molecule has 0 fully saturated rings. The summed E-state index contributed by atoms with van der Waals surface area (Å²) in [6, 6.07) is 1.33. The third-order valence-electron chi connectivity index (χ3n) is 3.65. The maximum absolute atomic E-state index is 13.7. The summed E-state index contributed by atoms with van der Waals surface area (Å²) >= 11 is 0. The van der Waals surface area contributed by atoms with Gasteiger partial charge in [0, 0.05) is 0 Å². The fourth-order valence-electron chi connectivity index (χ4n) is 2.81. The summed E-state index contributed by atoms with van der Waals surface area (Å²) in [6.45, 7) is 4.02. The number of halogens is 2. The zero-order valence-electron chi connectivity index (χ0n) is 9.95. The van der Waals surface area contributed by atoms with Crippen LogP contribution in [0.2, 0.25) is 0 Å². The van der Waals surface area contributed by atoms with Gasteiger partial charge in [-0.05, 0) is 54.9 Å². The third kappa shape index (κ3) is 1.98. The monoisotopic (exact) mass is 224 g/mol. The van der Waals surface area contributed by atoms with Crippen molar-refractivity contribution in [2.24, 2.45) is 5.92 Å². The van der Waals surface area contributed by atoms with Crippen molar-refractivity contribution in [3.63, 3.8) is 0 Å². The summed E-state index contributed by atoms with van der Waals surface area (Å²) in [5.41, 5.74) is 2.59. The molecule has 0 aliphatic heterocycles. The van der Waals surface area contributed by atoms with E-state index < -0.39 is 11.6 Å². The van der Waals surface area contributed by atoms with Gasteiger partial charge in [-0.25, -0.2) is 8.78 Å². The molecule has 0 saturated carbocycles. The van der Waals surface area contributed by atoms with E-state index in [1.807, 2.05) is 6.92 Å². The largest absolute Gasteiger partial charge is 0.204 e. The first-order chi connectivity index (χ1) is 7.63. The van der Waals surface area contributed by atoms with Crippen molar-refractivity contribution in [2.75, 3.05) is 0 Å². The molecule has 0 nitrogen and oxygen atoms in total. The van der Waals surface area contributed by atoms with E-state index in [2.05, 4.69) is 6.92 Å². The fourth-order valence-corrected chi connectivity index (χ4v) is 2.81. The van der Waals surface area contributed by atoms with E-state index in [-0.39, 0.29) is 0 Å². The van der Waals surface area contributed by atoms with Crippen LogP contribution in [0.3, 0.4) is 0 Å². The molecule has 0 aromatic heterocycles. The van der Waals surface area contributed by atoms with Crippen LogP contribution < -0.4 is 0 Å². The van der Waals surface area contributed by atoms with E-state index in [9.17, 15) is 8.78 Å². The molecule has 0 radical (unpaired) electrons. The first kappa shape index (κ1) is 11.6. The number of hydrogen-bond acceptors (Lipinski definition) is 0. The van der Waals surface area contributed by atoms with Gasteiger partial charge in [0.05, 0.1) is 0 Å². The highest BCUT2D eigenvalue weighted by molar-refractivity contribution is 5.38. The highest BCUT2D eigenvalue weighted by atomic mass is 19.2. The molecule has 2 rings (SSSR count). The van der Waals surface area contributed by atoms with E-state index in [4.69, 9.17) is 0 Å². The Bertz CT molecular complexity index is 396. The highest BCUT2D eigenvalue weighted by Crippen LogP contribution is 2.32. The quantitative estimate of drug-likeness (QED) is 0.707. The molecule has 2 heteroatoms. The van der Waals surface area contributed by atoms with E-state index in [1.165, 1.54) is 6.07 Å². The molecule has 1 aromatic carbocycles. The lowest BCUT2D eigenvalue weighted by Crippen LogP contribution is -2.17. The molecular formula is C14H18F2. The Morgan fingerprint density at radius 3 is 2.75 bits per heavy atom. The molecule has 0 N–H and O–H groups in total. The van der Waals surface area contributed by atoms with Crippen molar-refractivity contribution in [1.82, 2.24) is 0 Å². The Labute approximate surface area is 95.7 Å². The van der Waals surface area contributed by atoms with Crippen molar-refractivity contribution >= 4 is 0 Å². The second-order valence-corrected chi connectivity index (χ2v) is 4.84. The third-order valence-corrected chi connectivity index (χ3v) is 3.65. The zero-order chi connectivity index (χ0) is 11.7. The van der Waals surface area contributed by atoms with Gasteiger partial charge in [0.1, 0.15) is 0 Å². The van der Waals surface area contributed by atoms with Crippen LogP contribution >= 0.6 is 0 Å². The van der Waals surface area contributed by atoms with Gasteiger partial charge in [0.2, 0.25) is 0 Å². The van der Waals surface area contributed by atoms with Crippen molar-refractivity contribution in [3.05, 3.63) is 34.4 Å². The van der Waals surface area contributed by atoms with Gasteiger partial charge in [-0.2, -0.15) is 0 Å². The molecule has 1 aromatic rings. The van der Waals surface area contributed by atoms with Crippen LogP contribution in [-0.2, 0) is 12.8 Å². The minimum Gasteiger partial charge on any atom is -0.204 e. The van der Waals surface area contributed by atoms with Crippen LogP contribution in [0.1, 0.15) is 42.9 Å². The van der Waals surface area contributed by atoms with E-state index >= 15 is 0 Å². The summed E-state index contributed by atoms with van der Waals surface area (Å²) in [6.07, 6.45) is 4.98. The van der Waals surface area contributed by atoms with Crippen LogP contribution in [-0.4, -0.2) is 0 Å². The number of fused-ring (bicyclic) bond motifs is 1. The van der Waals surface area contributed by atoms with Gasteiger partial charge in [-0.15, -0.1) is 0 Å². The van der Waals surface area contributed by atoms with Crippen molar-refractivity contribution in [3.8, 4) is 0 Å². The summed E-state index contributed by atoms with van der Waals surface area (Å²) in [4.78, 5) is 0. The van der Waals surface area contributed by atoms with Gasteiger partial charge in [0.15, 0.2) is 11.6 Å². The Morgan fingerprint density at radius 1 is 1.31 bits per heavy atom. The average molecular weight is 224 g/mol. The Morgan fingerprint density at radius 2 is 2.06 bits per heavy atom. The predicted octanol–water partition coefficient (Wildman–Crippen LogP) is 4.18. The Balaban J connectivity index is 2.36. The minimum atomic E-state index is -0.687. The highest BCUT2D eigenvalue weighted by Gasteiger charge is 2.24. The van der Waals surface area contributed by atoms with Gasteiger partial charge in [-0.3, -0.25) is 0 Å². The molecule has 88 valence electrons. The lowest BCUT2D eigenvalue weighted by atomic mass is 9.80. The maximum Gasteiger partial charge on any atom is 0.162 e. The molecule has 1 aliphatic carbocycles. The average Bonchev–Trinajstić information content (AvgIpc) is 2.26. The van der Waals surface area contributed by atoms with Crippen LogP contribution in [0.25, 0.3) is 0 Å². The van der Waals surface area contributed by atoms with Crippen molar-refractivity contribution in [1.29, 1.82) is 0 Å². The van der Waals surface area contributed by atoms with Crippen LogP contribution in [0.15, 0.2) is 6.07 Å². The Hall–Kier alpha value is -0.920. The zero-order valence-corrected chi connectivity index (χ0v) is 9.95. The second kappa shape index (κ2) is 4.52. The normalized spacial score (nSPS) is 19.6. The molecule has 1 atom stereocenters. The second-order valence-electron chi connectivity index (χ2n) is 4.84. The van der Waals surface area contributed by atoms with Crippen LogP contribution in [0.4, 0.5) is 8.78 Å². The lowest BCUT2D eigenvalue weighted by molar-refractivity contribution is 0.400. The Kier molecular flexibility index (Phi) is 3.27. The standard InChI is InChI=1S/C14H18F2/c1-3-4-10-5-6-11-9(2)7-13(15)14(16)12(11)8-10/h7,10H,3-6,8H2,1-2H3. The van der Waals surface area contributed by atoms with E-state index in [1.54, 1.807) is 0 Å². The van der Waals surface area contributed by atoms with Gasteiger partial charge in [-0.1, -0.05) is 19.8 Å². The molecule has 0 heterocycles. The summed E-state index contributed by atoms with van der Waals surface area (Å²) in [5, 5.41) is 0. The molecule has 0 saturated heterocycles. The van der Waals surface area contributed by atoms with E-state index in [0.717, 1.165) is 36.8 Å². The fraction of sp³-hybridized carbons (Fsp3) is 0.571. The summed E-state index contributed by atoms with van der Waals surface area (Å²) < 4.78 is 27.0. The van der Waals surface area contributed by atoms with Crippen molar-refractivity contribution in [2.45, 2.75) is 46.0 Å². The predicted molar refractivity (Wildman–Crippen MR) is 61.5 cm³/mol. The molecule has 1 unspecified atom stereocenters. The molecular weight excluding hydrogens is 206 g/mol. The van der Waals surface area contributed by atoms with Gasteiger partial charge >= 0.3 is 0 Å². The van der Waals surface area contributed by atoms with Gasteiger partial charge in [0.25, 0.3) is 0 Å². The number of benzene rings is 1. The number of rotatable bonds is 2. The first-order valence-corrected chi connectivity index (χ1v) is 6.09. The van der Waals surface area contributed by atoms with Crippen LogP contribution in [0.5, 0.6) is 0 Å². The molecule has 16 heavy (non-hydrogen) atoms. The smallest absolute Gasteiger partial charge is 0.162 e. The summed E-state index contributed by atoms with van der Waals surface area (Å²) in [7, 11) is 0. The molecule has 0 bridgehead atoms. The topological polar surface area (TPSA) is 0 Å².